The molecule has 0 radical (unpaired) electrons. The Kier molecular flexibility index (Phi) is 4.79. The summed E-state index contributed by atoms with van der Waals surface area (Å²) in [7, 11) is 1.66. The molecular formula is C25H25N5O4. The normalized spacial score (nSPS) is 16.9. The number of benzene rings is 1. The number of aromatic amines is 2. The second-order valence-corrected chi connectivity index (χ2v) is 9.18. The Hall–Kier alpha value is -3.88. The van der Waals surface area contributed by atoms with Gasteiger partial charge in [-0.15, -0.1) is 0 Å². The number of hydrogen-bond donors (Lipinski definition) is 2. The highest BCUT2D eigenvalue weighted by Gasteiger charge is 2.29. The summed E-state index contributed by atoms with van der Waals surface area (Å²) in [6, 6.07) is 7.66. The van der Waals surface area contributed by atoms with Crippen molar-refractivity contribution in [3.8, 4) is 5.75 Å². The van der Waals surface area contributed by atoms with Gasteiger partial charge in [-0.3, -0.25) is 19.1 Å². The number of hydrogen-bond acceptors (Lipinski definition) is 5. The molecule has 0 atom stereocenters. The highest BCUT2D eigenvalue weighted by Crippen LogP contribution is 2.36. The molecule has 174 valence electrons. The third kappa shape index (κ3) is 3.39. The first-order valence-electron chi connectivity index (χ1n) is 11.6. The van der Waals surface area contributed by atoms with Gasteiger partial charge in [-0.25, -0.2) is 9.78 Å². The Balaban J connectivity index is 1.23. The molecule has 0 bridgehead atoms. The van der Waals surface area contributed by atoms with Crippen LogP contribution in [0, 0.1) is 0 Å². The van der Waals surface area contributed by atoms with Crippen LogP contribution in [0.15, 0.2) is 46.2 Å². The zero-order chi connectivity index (χ0) is 23.4. The number of carbonyl (C=O) groups is 1. The van der Waals surface area contributed by atoms with Gasteiger partial charge in [0.25, 0.3) is 11.5 Å². The Labute approximate surface area is 194 Å². The minimum atomic E-state index is -0.507. The Morgan fingerprint density at radius 3 is 2.62 bits per heavy atom. The number of aromatic nitrogens is 4. The number of amides is 1. The lowest BCUT2D eigenvalue weighted by Crippen LogP contribution is -2.38. The fraction of sp³-hybridized carbons (Fsp3) is 0.360. The average Bonchev–Trinajstić information content (AvgIpc) is 3.61. The first-order chi connectivity index (χ1) is 16.5. The van der Waals surface area contributed by atoms with Crippen LogP contribution in [0.2, 0.25) is 0 Å². The quantitative estimate of drug-likeness (QED) is 0.487. The van der Waals surface area contributed by atoms with Crippen molar-refractivity contribution in [2.75, 3.05) is 20.2 Å². The van der Waals surface area contributed by atoms with Gasteiger partial charge >= 0.3 is 5.69 Å². The van der Waals surface area contributed by atoms with Gasteiger partial charge < -0.3 is 14.6 Å². The second kappa shape index (κ2) is 7.86. The van der Waals surface area contributed by atoms with Crippen LogP contribution < -0.4 is 16.0 Å². The highest BCUT2D eigenvalue weighted by atomic mass is 16.5. The molecule has 4 aromatic rings. The Morgan fingerprint density at radius 1 is 1.09 bits per heavy atom. The predicted molar refractivity (Wildman–Crippen MR) is 128 cm³/mol. The second-order valence-electron chi connectivity index (χ2n) is 9.18. The summed E-state index contributed by atoms with van der Waals surface area (Å²) in [5, 5.41) is 1.43. The van der Waals surface area contributed by atoms with Crippen LogP contribution in [0.3, 0.4) is 0 Å². The summed E-state index contributed by atoms with van der Waals surface area (Å²) in [6.45, 7) is 1.24. The van der Waals surface area contributed by atoms with Crippen molar-refractivity contribution in [1.29, 1.82) is 0 Å². The number of piperidine rings is 1. The summed E-state index contributed by atoms with van der Waals surface area (Å²) < 4.78 is 6.92. The molecule has 0 spiro atoms. The van der Waals surface area contributed by atoms with Crippen LogP contribution in [-0.4, -0.2) is 50.5 Å². The topological polar surface area (TPSA) is 113 Å². The smallest absolute Gasteiger partial charge is 0.330 e. The van der Waals surface area contributed by atoms with E-state index in [0.29, 0.717) is 30.2 Å². The molecule has 1 amide bonds. The minimum Gasteiger partial charge on any atom is -0.497 e. The van der Waals surface area contributed by atoms with Gasteiger partial charge in [-0.05, 0) is 61.4 Å². The van der Waals surface area contributed by atoms with Gasteiger partial charge in [0.2, 0.25) is 0 Å². The minimum absolute atomic E-state index is 0.0735. The number of pyridine rings is 1. The lowest BCUT2D eigenvalue weighted by atomic mass is 9.89. The summed E-state index contributed by atoms with van der Waals surface area (Å²) in [5.41, 5.74) is 2.09. The molecule has 1 aliphatic carbocycles. The number of carbonyl (C=O) groups excluding carboxylic acids is 1. The standard InChI is InChI=1S/C25H25N5O4/c1-34-17-4-5-21-18(11-17)20(13-26-21)14-6-8-29(9-7-14)24(32)15-10-19-22(27-12-15)30(16-2-3-16)25(33)28-23(19)31/h4-5,10-14,16,26H,2-3,6-9H2,1H3,(H,28,31,33). The molecular weight excluding hydrogens is 434 g/mol. The maximum Gasteiger partial charge on any atom is 0.330 e. The number of H-pyrrole nitrogens is 2. The fourth-order valence-electron chi connectivity index (χ4n) is 5.09. The molecule has 1 aliphatic heterocycles. The van der Waals surface area contributed by atoms with Gasteiger partial charge in [0.1, 0.15) is 11.4 Å². The molecule has 6 rings (SSSR count). The van der Waals surface area contributed by atoms with Gasteiger partial charge in [0.15, 0.2) is 0 Å². The summed E-state index contributed by atoms with van der Waals surface area (Å²) in [6.07, 6.45) is 7.02. The van der Waals surface area contributed by atoms with E-state index in [-0.39, 0.29) is 17.3 Å². The molecule has 1 saturated heterocycles. The highest BCUT2D eigenvalue weighted by molar-refractivity contribution is 5.97. The van der Waals surface area contributed by atoms with Crippen LogP contribution >= 0.6 is 0 Å². The summed E-state index contributed by atoms with van der Waals surface area (Å²) in [5.74, 6) is 1.03. The molecule has 3 aromatic heterocycles. The fourth-order valence-corrected chi connectivity index (χ4v) is 5.09. The molecule has 2 aliphatic rings. The number of nitrogens with one attached hydrogen (secondary N) is 2. The zero-order valence-electron chi connectivity index (χ0n) is 18.8. The molecule has 1 aromatic carbocycles. The van der Waals surface area contributed by atoms with E-state index in [1.165, 1.54) is 16.3 Å². The number of fused-ring (bicyclic) bond motifs is 2. The van der Waals surface area contributed by atoms with Crippen LogP contribution in [0.5, 0.6) is 5.75 Å². The van der Waals surface area contributed by atoms with Gasteiger partial charge in [0.05, 0.1) is 18.1 Å². The van der Waals surface area contributed by atoms with E-state index < -0.39 is 11.2 Å². The van der Waals surface area contributed by atoms with Crippen molar-refractivity contribution in [1.82, 2.24) is 24.4 Å². The molecule has 2 N–H and O–H groups in total. The molecule has 9 nitrogen and oxygen atoms in total. The van der Waals surface area contributed by atoms with E-state index >= 15 is 0 Å². The Bertz CT molecular complexity index is 1540. The van der Waals surface area contributed by atoms with Crippen LogP contribution in [0.4, 0.5) is 0 Å². The Morgan fingerprint density at radius 2 is 1.88 bits per heavy atom. The molecule has 4 heterocycles. The van der Waals surface area contributed by atoms with Gasteiger partial charge in [0, 0.05) is 42.4 Å². The lowest BCUT2D eigenvalue weighted by Gasteiger charge is -2.32. The van der Waals surface area contributed by atoms with Crippen molar-refractivity contribution in [3.05, 3.63) is 68.6 Å². The summed E-state index contributed by atoms with van der Waals surface area (Å²) in [4.78, 5) is 49.8. The van der Waals surface area contributed by atoms with E-state index in [1.54, 1.807) is 13.2 Å². The van der Waals surface area contributed by atoms with Crippen molar-refractivity contribution >= 4 is 27.8 Å². The van der Waals surface area contributed by atoms with Crippen molar-refractivity contribution in [2.45, 2.75) is 37.6 Å². The molecule has 9 heteroatoms. The largest absolute Gasteiger partial charge is 0.497 e. The maximum atomic E-state index is 13.2. The van der Waals surface area contributed by atoms with E-state index in [1.807, 2.05) is 17.0 Å². The number of ether oxygens (including phenoxy) is 1. The molecule has 0 unspecified atom stereocenters. The van der Waals surface area contributed by atoms with Gasteiger partial charge in [-0.1, -0.05) is 0 Å². The van der Waals surface area contributed by atoms with Gasteiger partial charge in [-0.2, -0.15) is 0 Å². The number of rotatable bonds is 4. The van der Waals surface area contributed by atoms with Crippen LogP contribution in [-0.2, 0) is 0 Å². The third-order valence-corrected chi connectivity index (χ3v) is 7.08. The van der Waals surface area contributed by atoms with Crippen LogP contribution in [0.25, 0.3) is 21.9 Å². The SMILES string of the molecule is COc1ccc2[nH]cc(C3CCN(C(=O)c4cnc5c(c4)c(=O)[nH]c(=O)n5C4CC4)CC3)c2c1. The zero-order valence-corrected chi connectivity index (χ0v) is 18.8. The van der Waals surface area contributed by atoms with Crippen molar-refractivity contribution in [2.24, 2.45) is 0 Å². The first kappa shape index (κ1) is 20.7. The average molecular weight is 460 g/mol. The van der Waals surface area contributed by atoms with Crippen molar-refractivity contribution < 1.29 is 9.53 Å². The van der Waals surface area contributed by atoms with Crippen LogP contribution in [0.1, 0.15) is 53.6 Å². The first-order valence-corrected chi connectivity index (χ1v) is 11.6. The third-order valence-electron chi connectivity index (χ3n) is 7.08. The molecule has 2 fully saturated rings. The number of nitrogens with zero attached hydrogens (tertiary/aromatic N) is 3. The van der Waals surface area contributed by atoms with Crippen molar-refractivity contribution in [3.63, 3.8) is 0 Å². The number of methoxy groups -OCH3 is 1. The lowest BCUT2D eigenvalue weighted by molar-refractivity contribution is 0.0713. The summed E-state index contributed by atoms with van der Waals surface area (Å²) >= 11 is 0. The molecule has 34 heavy (non-hydrogen) atoms. The van der Waals surface area contributed by atoms with E-state index in [9.17, 15) is 14.4 Å². The van der Waals surface area contributed by atoms with E-state index in [4.69, 9.17) is 4.74 Å². The number of likely N-dealkylation sites (tertiary alicyclic amines) is 1. The predicted octanol–water partition coefficient (Wildman–Crippen LogP) is 2.93. The van der Waals surface area contributed by atoms with E-state index in [2.05, 4.69) is 27.2 Å². The maximum absolute atomic E-state index is 13.2. The molecule has 1 saturated carbocycles. The monoisotopic (exact) mass is 459 g/mol. The van der Waals surface area contributed by atoms with E-state index in [0.717, 1.165) is 42.3 Å².